The van der Waals surface area contributed by atoms with Crippen LogP contribution in [0.15, 0.2) is 0 Å². The third-order valence-electron chi connectivity index (χ3n) is 1.82. The lowest BCUT2D eigenvalue weighted by Crippen LogP contribution is -2.27. The molecule has 15 heavy (non-hydrogen) atoms. The van der Waals surface area contributed by atoms with Gasteiger partial charge in [0, 0.05) is 13.2 Å². The molecule has 0 heterocycles. The molecular weight excluding hydrogens is 214 g/mol. The number of ether oxygens (including phenoxy) is 1. The number of nitrogens with one attached hydrogen (secondary N) is 1. The molecule has 0 aromatic heterocycles. The Morgan fingerprint density at radius 2 is 1.93 bits per heavy atom. The summed E-state index contributed by atoms with van der Waals surface area (Å²) in [6.07, 6.45) is 2.63. The first-order valence-corrected chi connectivity index (χ1v) is 7.22. The van der Waals surface area contributed by atoms with Gasteiger partial charge in [-0.1, -0.05) is 6.92 Å². The Bertz CT molecular complexity index is 237. The van der Waals surface area contributed by atoms with Crippen molar-refractivity contribution in [3.05, 3.63) is 0 Å². The quantitative estimate of drug-likeness (QED) is 0.619. The van der Waals surface area contributed by atoms with E-state index in [1.54, 1.807) is 0 Å². The molecule has 0 rings (SSSR count). The fourth-order valence-electron chi connectivity index (χ4n) is 1.11. The van der Waals surface area contributed by atoms with Crippen LogP contribution in [-0.4, -0.2) is 33.4 Å². The van der Waals surface area contributed by atoms with Crippen LogP contribution in [0.1, 0.15) is 40.0 Å². The topological polar surface area (TPSA) is 55.4 Å². The molecule has 92 valence electrons. The highest BCUT2D eigenvalue weighted by molar-refractivity contribution is 7.89. The molecule has 0 aliphatic heterocycles. The molecule has 4 nitrogen and oxygen atoms in total. The average Bonchev–Trinajstić information content (AvgIpc) is 2.10. The SMILES string of the molecule is CCCS(=O)(=O)NCCCCOC(C)C. The second-order valence-corrected chi connectivity index (χ2v) is 5.77. The third-order valence-corrected chi connectivity index (χ3v) is 3.41. The lowest BCUT2D eigenvalue weighted by Gasteiger charge is -2.07. The van der Waals surface area contributed by atoms with E-state index < -0.39 is 10.0 Å². The van der Waals surface area contributed by atoms with Gasteiger partial charge in [-0.25, -0.2) is 13.1 Å². The normalized spacial score (nSPS) is 12.3. The van der Waals surface area contributed by atoms with Gasteiger partial charge in [-0.2, -0.15) is 0 Å². The van der Waals surface area contributed by atoms with E-state index >= 15 is 0 Å². The van der Waals surface area contributed by atoms with Gasteiger partial charge in [-0.15, -0.1) is 0 Å². The monoisotopic (exact) mass is 237 g/mol. The highest BCUT2D eigenvalue weighted by Gasteiger charge is 2.06. The molecule has 0 unspecified atom stereocenters. The Balaban J connectivity index is 3.38. The van der Waals surface area contributed by atoms with Crippen LogP contribution < -0.4 is 4.72 Å². The summed E-state index contributed by atoms with van der Waals surface area (Å²) in [6.45, 7) is 7.06. The Morgan fingerprint density at radius 1 is 1.27 bits per heavy atom. The van der Waals surface area contributed by atoms with Gasteiger partial charge in [0.25, 0.3) is 0 Å². The minimum absolute atomic E-state index is 0.218. The summed E-state index contributed by atoms with van der Waals surface area (Å²) in [5.74, 6) is 0.218. The summed E-state index contributed by atoms with van der Waals surface area (Å²) in [5.41, 5.74) is 0. The molecule has 0 aliphatic rings. The zero-order valence-electron chi connectivity index (χ0n) is 9.95. The number of unbranched alkanes of at least 4 members (excludes halogenated alkanes) is 1. The van der Waals surface area contributed by atoms with Crippen molar-refractivity contribution in [3.8, 4) is 0 Å². The van der Waals surface area contributed by atoms with Crippen LogP contribution in [0.3, 0.4) is 0 Å². The molecule has 0 saturated carbocycles. The lowest BCUT2D eigenvalue weighted by atomic mass is 10.3. The van der Waals surface area contributed by atoms with Crippen molar-refractivity contribution in [1.29, 1.82) is 0 Å². The van der Waals surface area contributed by atoms with Crippen molar-refractivity contribution < 1.29 is 13.2 Å². The predicted molar refractivity (Wildman–Crippen MR) is 62.4 cm³/mol. The second kappa shape index (κ2) is 8.07. The average molecular weight is 237 g/mol. The standard InChI is InChI=1S/C10H23NO3S/c1-4-9-15(12,13)11-7-5-6-8-14-10(2)3/h10-11H,4-9H2,1-3H3. The molecule has 0 bridgehead atoms. The maximum atomic E-state index is 11.2. The lowest BCUT2D eigenvalue weighted by molar-refractivity contribution is 0.0762. The first-order chi connectivity index (χ1) is 6.98. The summed E-state index contributed by atoms with van der Waals surface area (Å²) < 4.78 is 30.4. The molecule has 0 saturated heterocycles. The summed E-state index contributed by atoms with van der Waals surface area (Å²) in [5, 5.41) is 0. The zero-order valence-corrected chi connectivity index (χ0v) is 10.8. The van der Waals surface area contributed by atoms with Gasteiger partial charge in [-0.05, 0) is 33.1 Å². The molecule has 0 radical (unpaired) electrons. The Hall–Kier alpha value is -0.130. The van der Waals surface area contributed by atoms with Gasteiger partial charge >= 0.3 is 0 Å². The van der Waals surface area contributed by atoms with E-state index in [0.717, 1.165) is 12.8 Å². The maximum absolute atomic E-state index is 11.2. The highest BCUT2D eigenvalue weighted by atomic mass is 32.2. The second-order valence-electron chi connectivity index (χ2n) is 3.84. The third kappa shape index (κ3) is 10.2. The predicted octanol–water partition coefficient (Wildman–Crippen LogP) is 1.52. The van der Waals surface area contributed by atoms with Crippen molar-refractivity contribution in [2.45, 2.75) is 46.1 Å². The van der Waals surface area contributed by atoms with Crippen molar-refractivity contribution in [2.24, 2.45) is 0 Å². The van der Waals surface area contributed by atoms with E-state index in [-0.39, 0.29) is 11.9 Å². The first-order valence-electron chi connectivity index (χ1n) is 5.57. The van der Waals surface area contributed by atoms with Crippen LogP contribution >= 0.6 is 0 Å². The molecule has 0 aromatic rings. The molecular formula is C10H23NO3S. The molecule has 0 atom stereocenters. The number of hydrogen-bond donors (Lipinski definition) is 1. The summed E-state index contributed by atoms with van der Waals surface area (Å²) >= 11 is 0. The largest absolute Gasteiger partial charge is 0.379 e. The molecule has 1 N–H and O–H groups in total. The number of rotatable bonds is 9. The fraction of sp³-hybridized carbons (Fsp3) is 1.00. The van der Waals surface area contributed by atoms with E-state index in [9.17, 15) is 8.42 Å². The molecule has 0 spiro atoms. The van der Waals surface area contributed by atoms with E-state index in [2.05, 4.69) is 4.72 Å². The van der Waals surface area contributed by atoms with Gasteiger partial charge in [0.15, 0.2) is 0 Å². The first kappa shape index (κ1) is 14.9. The molecule has 5 heteroatoms. The minimum atomic E-state index is -3.03. The van der Waals surface area contributed by atoms with Crippen molar-refractivity contribution >= 4 is 10.0 Å². The van der Waals surface area contributed by atoms with Gasteiger partial charge < -0.3 is 4.74 Å². The van der Waals surface area contributed by atoms with Crippen LogP contribution in [0.2, 0.25) is 0 Å². The summed E-state index contributed by atoms with van der Waals surface area (Å²) in [6, 6.07) is 0. The van der Waals surface area contributed by atoms with Crippen LogP contribution in [0.5, 0.6) is 0 Å². The minimum Gasteiger partial charge on any atom is -0.379 e. The van der Waals surface area contributed by atoms with Gasteiger partial charge in [-0.3, -0.25) is 0 Å². The van der Waals surface area contributed by atoms with Gasteiger partial charge in [0.2, 0.25) is 10.0 Å². The molecule has 0 fully saturated rings. The van der Waals surface area contributed by atoms with Gasteiger partial charge in [0.05, 0.1) is 11.9 Å². The van der Waals surface area contributed by atoms with E-state index in [0.29, 0.717) is 19.6 Å². The fourth-order valence-corrected chi connectivity index (χ4v) is 2.25. The smallest absolute Gasteiger partial charge is 0.211 e. The number of hydrogen-bond acceptors (Lipinski definition) is 3. The highest BCUT2D eigenvalue weighted by Crippen LogP contribution is 1.95. The Morgan fingerprint density at radius 3 is 2.47 bits per heavy atom. The summed E-state index contributed by atoms with van der Waals surface area (Å²) in [7, 11) is -3.03. The van der Waals surface area contributed by atoms with Crippen molar-refractivity contribution in [3.63, 3.8) is 0 Å². The molecule has 0 aliphatic carbocycles. The van der Waals surface area contributed by atoms with Crippen LogP contribution in [0, 0.1) is 0 Å². The van der Waals surface area contributed by atoms with Crippen LogP contribution in [0.4, 0.5) is 0 Å². The maximum Gasteiger partial charge on any atom is 0.211 e. The van der Waals surface area contributed by atoms with Crippen LogP contribution in [-0.2, 0) is 14.8 Å². The number of sulfonamides is 1. The van der Waals surface area contributed by atoms with Crippen molar-refractivity contribution in [1.82, 2.24) is 4.72 Å². The van der Waals surface area contributed by atoms with E-state index in [1.165, 1.54) is 0 Å². The van der Waals surface area contributed by atoms with Crippen LogP contribution in [0.25, 0.3) is 0 Å². The van der Waals surface area contributed by atoms with E-state index in [4.69, 9.17) is 4.74 Å². The van der Waals surface area contributed by atoms with Gasteiger partial charge in [0.1, 0.15) is 0 Å². The summed E-state index contributed by atoms with van der Waals surface area (Å²) in [4.78, 5) is 0. The molecule has 0 aromatic carbocycles. The molecule has 0 amide bonds. The van der Waals surface area contributed by atoms with E-state index in [1.807, 2.05) is 20.8 Å². The Kier molecular flexibility index (Phi) is 8.00. The Labute approximate surface area is 93.4 Å². The van der Waals surface area contributed by atoms with Crippen molar-refractivity contribution in [2.75, 3.05) is 18.9 Å². The zero-order chi connectivity index (χ0) is 11.7.